The second kappa shape index (κ2) is 6.46. The van der Waals surface area contributed by atoms with Crippen molar-refractivity contribution in [2.45, 2.75) is 57.5 Å². The summed E-state index contributed by atoms with van der Waals surface area (Å²) in [7, 11) is 0. The van der Waals surface area contributed by atoms with Gasteiger partial charge in [-0.2, -0.15) is 0 Å². The van der Waals surface area contributed by atoms with Gasteiger partial charge in [0.05, 0.1) is 23.4 Å². The summed E-state index contributed by atoms with van der Waals surface area (Å²) in [5, 5.41) is 0. The highest BCUT2D eigenvalue weighted by atomic mass is 16.3. The molecule has 2 saturated heterocycles. The minimum atomic E-state index is -0.244. The van der Waals surface area contributed by atoms with Crippen LogP contribution < -0.4 is 0 Å². The van der Waals surface area contributed by atoms with E-state index < -0.39 is 0 Å². The van der Waals surface area contributed by atoms with Crippen LogP contribution in [0.5, 0.6) is 0 Å². The normalized spacial score (nSPS) is 27.1. The summed E-state index contributed by atoms with van der Waals surface area (Å²) < 4.78 is 5.31. The van der Waals surface area contributed by atoms with Gasteiger partial charge in [-0.05, 0) is 38.7 Å². The molecule has 2 fully saturated rings. The van der Waals surface area contributed by atoms with E-state index in [1.165, 1.54) is 0 Å². The van der Waals surface area contributed by atoms with Crippen molar-refractivity contribution in [2.24, 2.45) is 0 Å². The monoisotopic (exact) mass is 330 g/mol. The average molecular weight is 330 g/mol. The number of carbonyl (C=O) groups is 2. The van der Waals surface area contributed by atoms with Gasteiger partial charge in [-0.15, -0.1) is 6.58 Å². The number of rotatable bonds is 4. The minimum Gasteiger partial charge on any atom is -0.469 e. The van der Waals surface area contributed by atoms with Crippen LogP contribution in [0.3, 0.4) is 0 Å². The Morgan fingerprint density at radius 2 is 2.29 bits per heavy atom. The summed E-state index contributed by atoms with van der Waals surface area (Å²) >= 11 is 0. The molecule has 0 saturated carbocycles. The molecule has 2 atom stereocenters. The molecule has 2 aliphatic rings. The Bertz CT molecular complexity index is 651. The van der Waals surface area contributed by atoms with Gasteiger partial charge in [0, 0.05) is 19.5 Å². The number of furan rings is 1. The van der Waals surface area contributed by atoms with Crippen molar-refractivity contribution in [3.8, 4) is 0 Å². The number of amides is 2. The first-order valence-electron chi connectivity index (χ1n) is 8.81. The zero-order valence-electron chi connectivity index (χ0n) is 14.6. The van der Waals surface area contributed by atoms with Crippen molar-refractivity contribution < 1.29 is 14.0 Å². The fourth-order valence-corrected chi connectivity index (χ4v) is 4.63. The third-order valence-corrected chi connectivity index (χ3v) is 5.66. The van der Waals surface area contributed by atoms with E-state index >= 15 is 0 Å². The minimum absolute atomic E-state index is 0.0186. The maximum absolute atomic E-state index is 13.1. The first-order valence-corrected chi connectivity index (χ1v) is 8.81. The van der Waals surface area contributed by atoms with E-state index in [-0.39, 0.29) is 23.4 Å². The van der Waals surface area contributed by atoms with Gasteiger partial charge < -0.3 is 14.2 Å². The Morgan fingerprint density at radius 1 is 1.50 bits per heavy atom. The molecule has 1 aromatic heterocycles. The Morgan fingerprint density at radius 3 is 2.92 bits per heavy atom. The molecule has 0 aromatic carbocycles. The van der Waals surface area contributed by atoms with Crippen molar-refractivity contribution in [3.63, 3.8) is 0 Å². The van der Waals surface area contributed by atoms with Gasteiger partial charge in [-0.1, -0.05) is 13.0 Å². The topological polar surface area (TPSA) is 53.8 Å². The van der Waals surface area contributed by atoms with Gasteiger partial charge in [-0.3, -0.25) is 9.59 Å². The lowest BCUT2D eigenvalue weighted by molar-refractivity contribution is -0.133. The Hall–Kier alpha value is -2.04. The molecular weight excluding hydrogens is 304 g/mol. The van der Waals surface area contributed by atoms with Gasteiger partial charge in [0.15, 0.2) is 0 Å². The molecule has 0 N–H and O–H groups in total. The van der Waals surface area contributed by atoms with Gasteiger partial charge >= 0.3 is 0 Å². The van der Waals surface area contributed by atoms with Crippen molar-refractivity contribution in [1.29, 1.82) is 0 Å². The quantitative estimate of drug-likeness (QED) is 0.797. The first kappa shape index (κ1) is 16.8. The van der Waals surface area contributed by atoms with E-state index in [4.69, 9.17) is 4.42 Å². The van der Waals surface area contributed by atoms with E-state index in [9.17, 15) is 9.59 Å². The van der Waals surface area contributed by atoms with Crippen LogP contribution in [0.25, 0.3) is 0 Å². The van der Waals surface area contributed by atoms with Crippen LogP contribution in [-0.2, 0) is 4.79 Å². The average Bonchev–Trinajstić information content (AvgIpc) is 3.13. The molecule has 5 heteroatoms. The zero-order chi connectivity index (χ0) is 17.3. The summed E-state index contributed by atoms with van der Waals surface area (Å²) in [6.45, 7) is 9.02. The molecule has 130 valence electrons. The Kier molecular flexibility index (Phi) is 4.52. The maximum Gasteiger partial charge on any atom is 0.257 e. The number of piperidine rings is 1. The molecule has 0 aliphatic carbocycles. The van der Waals surface area contributed by atoms with E-state index in [0.717, 1.165) is 32.2 Å². The van der Waals surface area contributed by atoms with Crippen LogP contribution in [0.4, 0.5) is 0 Å². The van der Waals surface area contributed by atoms with E-state index in [0.29, 0.717) is 24.3 Å². The Labute approximate surface area is 143 Å². The molecule has 0 unspecified atom stereocenters. The van der Waals surface area contributed by atoms with Crippen LogP contribution in [0, 0.1) is 6.92 Å². The standard InChI is InChI=1S/C19H26N2O3/c1-4-11-21-17(22)7-10-19(21)9-6-12-20(16(19)5-2)18(23)15-8-13-24-14(15)3/h4,8,13,16H,1,5-7,9-12H2,2-3H3/t16-,19-/m0/s1. The highest BCUT2D eigenvalue weighted by Crippen LogP contribution is 2.43. The number of hydrogen-bond acceptors (Lipinski definition) is 3. The number of aryl methyl sites for hydroxylation is 1. The van der Waals surface area contributed by atoms with E-state index in [2.05, 4.69) is 13.5 Å². The van der Waals surface area contributed by atoms with Crippen LogP contribution in [0.1, 0.15) is 55.1 Å². The van der Waals surface area contributed by atoms with Gasteiger partial charge in [0.2, 0.25) is 5.91 Å². The molecule has 2 aliphatic heterocycles. The summed E-state index contributed by atoms with van der Waals surface area (Å²) in [6, 6.07) is 1.78. The predicted octanol–water partition coefficient (Wildman–Crippen LogP) is 3.15. The third kappa shape index (κ3) is 2.46. The number of carbonyl (C=O) groups excluding carboxylic acids is 2. The molecule has 3 heterocycles. The molecule has 0 radical (unpaired) electrons. The van der Waals surface area contributed by atoms with Crippen LogP contribution in [0.2, 0.25) is 0 Å². The second-order valence-electron chi connectivity index (χ2n) is 6.81. The van der Waals surface area contributed by atoms with E-state index in [1.54, 1.807) is 18.4 Å². The predicted molar refractivity (Wildman–Crippen MR) is 91.7 cm³/mol. The van der Waals surface area contributed by atoms with Crippen LogP contribution in [0.15, 0.2) is 29.4 Å². The number of nitrogens with zero attached hydrogens (tertiary/aromatic N) is 2. The second-order valence-corrected chi connectivity index (χ2v) is 6.81. The summed E-state index contributed by atoms with van der Waals surface area (Å²) in [5.41, 5.74) is 0.385. The van der Waals surface area contributed by atoms with Crippen molar-refractivity contribution in [2.75, 3.05) is 13.1 Å². The molecule has 5 nitrogen and oxygen atoms in total. The van der Waals surface area contributed by atoms with Gasteiger partial charge in [0.1, 0.15) is 5.76 Å². The van der Waals surface area contributed by atoms with Crippen LogP contribution >= 0.6 is 0 Å². The first-order chi connectivity index (χ1) is 11.5. The largest absolute Gasteiger partial charge is 0.469 e. The molecule has 1 spiro atoms. The molecule has 0 bridgehead atoms. The molecule has 24 heavy (non-hydrogen) atoms. The highest BCUT2D eigenvalue weighted by Gasteiger charge is 2.53. The summed E-state index contributed by atoms with van der Waals surface area (Å²) in [5.74, 6) is 0.854. The highest BCUT2D eigenvalue weighted by molar-refractivity contribution is 5.95. The van der Waals surface area contributed by atoms with Crippen LogP contribution in [-0.4, -0.2) is 46.3 Å². The fourth-order valence-electron chi connectivity index (χ4n) is 4.63. The van der Waals surface area contributed by atoms with Crippen molar-refractivity contribution in [3.05, 3.63) is 36.3 Å². The third-order valence-electron chi connectivity index (χ3n) is 5.66. The smallest absolute Gasteiger partial charge is 0.257 e. The lowest BCUT2D eigenvalue weighted by Crippen LogP contribution is -2.64. The van der Waals surface area contributed by atoms with Crippen molar-refractivity contribution >= 4 is 11.8 Å². The fraction of sp³-hybridized carbons (Fsp3) is 0.579. The summed E-state index contributed by atoms with van der Waals surface area (Å²) in [4.78, 5) is 29.4. The SMILES string of the molecule is C=CCN1C(=O)CC[C@]12CCCN(C(=O)c1ccoc1C)[C@H]2CC. The van der Waals surface area contributed by atoms with Gasteiger partial charge in [-0.25, -0.2) is 0 Å². The lowest BCUT2D eigenvalue weighted by Gasteiger charge is -2.52. The summed E-state index contributed by atoms with van der Waals surface area (Å²) in [6.07, 6.45) is 7.46. The van der Waals surface area contributed by atoms with Crippen molar-refractivity contribution in [1.82, 2.24) is 9.80 Å². The number of hydrogen-bond donors (Lipinski definition) is 0. The maximum atomic E-state index is 13.1. The molecular formula is C19H26N2O3. The Balaban J connectivity index is 1.95. The molecule has 3 rings (SSSR count). The van der Waals surface area contributed by atoms with Gasteiger partial charge in [0.25, 0.3) is 5.91 Å². The van der Waals surface area contributed by atoms with E-state index in [1.807, 2.05) is 16.7 Å². The lowest BCUT2D eigenvalue weighted by atomic mass is 9.77. The zero-order valence-corrected chi connectivity index (χ0v) is 14.6. The number of likely N-dealkylation sites (tertiary alicyclic amines) is 2. The molecule has 1 aromatic rings. The molecule has 2 amide bonds.